The van der Waals surface area contributed by atoms with Gasteiger partial charge in [-0.15, -0.1) is 11.8 Å². The summed E-state index contributed by atoms with van der Waals surface area (Å²) in [7, 11) is 0. The Balaban J connectivity index is 2.72. The van der Waals surface area contributed by atoms with Gasteiger partial charge in [0.15, 0.2) is 0 Å². The predicted octanol–water partition coefficient (Wildman–Crippen LogP) is 2.47. The molecule has 0 bridgehead atoms. The minimum atomic E-state index is -0.542. The van der Waals surface area contributed by atoms with Crippen LogP contribution in [0, 0.1) is 10.1 Å². The molecule has 0 radical (unpaired) electrons. The van der Waals surface area contributed by atoms with Crippen LogP contribution in [0.3, 0.4) is 0 Å². The van der Waals surface area contributed by atoms with E-state index in [-0.39, 0.29) is 11.3 Å². The number of nitro groups is 1. The molecule has 0 aromatic heterocycles. The molecule has 0 spiro atoms. The SMILES string of the molecule is CCOCCCNC(=O)c1cc(SC)ccc1[N+](=O)[O-]. The van der Waals surface area contributed by atoms with E-state index in [9.17, 15) is 14.9 Å². The Hall–Kier alpha value is -1.60. The van der Waals surface area contributed by atoms with E-state index >= 15 is 0 Å². The highest BCUT2D eigenvalue weighted by atomic mass is 32.2. The fraction of sp³-hybridized carbons (Fsp3) is 0.462. The maximum atomic E-state index is 12.0. The molecular formula is C13H18N2O4S. The fourth-order valence-electron chi connectivity index (χ4n) is 1.60. The van der Waals surface area contributed by atoms with Gasteiger partial charge in [0.25, 0.3) is 11.6 Å². The van der Waals surface area contributed by atoms with E-state index in [0.29, 0.717) is 26.2 Å². The standard InChI is InChI=1S/C13H18N2O4S/c1-3-19-8-4-7-14-13(16)11-9-10(20-2)5-6-12(11)15(17)18/h5-6,9H,3-4,7-8H2,1-2H3,(H,14,16). The van der Waals surface area contributed by atoms with Crippen LogP contribution in [-0.4, -0.2) is 36.8 Å². The first-order valence-electron chi connectivity index (χ1n) is 6.28. The number of nitro benzene ring substituents is 1. The van der Waals surface area contributed by atoms with Crippen LogP contribution in [-0.2, 0) is 4.74 Å². The number of nitrogens with one attached hydrogen (secondary N) is 1. The van der Waals surface area contributed by atoms with Gasteiger partial charge in [-0.3, -0.25) is 14.9 Å². The molecule has 0 heterocycles. The Morgan fingerprint density at radius 1 is 1.50 bits per heavy atom. The molecule has 1 aromatic carbocycles. The smallest absolute Gasteiger partial charge is 0.282 e. The largest absolute Gasteiger partial charge is 0.382 e. The molecule has 0 atom stereocenters. The Morgan fingerprint density at radius 3 is 2.85 bits per heavy atom. The minimum Gasteiger partial charge on any atom is -0.382 e. The van der Waals surface area contributed by atoms with Gasteiger partial charge in [0.05, 0.1) is 4.92 Å². The summed E-state index contributed by atoms with van der Waals surface area (Å²) in [4.78, 5) is 23.2. The second kappa shape index (κ2) is 8.55. The first-order chi connectivity index (χ1) is 9.60. The zero-order valence-corrected chi connectivity index (χ0v) is 12.4. The Labute approximate surface area is 122 Å². The molecule has 1 N–H and O–H groups in total. The molecule has 1 rings (SSSR count). The van der Waals surface area contributed by atoms with Crippen molar-refractivity contribution in [1.29, 1.82) is 0 Å². The summed E-state index contributed by atoms with van der Waals surface area (Å²) in [5.74, 6) is -0.427. The highest BCUT2D eigenvalue weighted by Crippen LogP contribution is 2.24. The number of carbonyl (C=O) groups excluding carboxylic acids is 1. The van der Waals surface area contributed by atoms with Crippen LogP contribution >= 0.6 is 11.8 Å². The van der Waals surface area contributed by atoms with Gasteiger partial charge in [0.1, 0.15) is 5.56 Å². The predicted molar refractivity (Wildman–Crippen MR) is 78.3 cm³/mol. The number of hydrogen-bond donors (Lipinski definition) is 1. The average Bonchev–Trinajstić information content (AvgIpc) is 2.46. The molecule has 0 saturated heterocycles. The topological polar surface area (TPSA) is 81.5 Å². The van der Waals surface area contributed by atoms with Crippen LogP contribution in [0.4, 0.5) is 5.69 Å². The number of rotatable bonds is 8. The summed E-state index contributed by atoms with van der Waals surface area (Å²) in [5.41, 5.74) is -0.0802. The Kier molecular flexibility index (Phi) is 7.03. The van der Waals surface area contributed by atoms with Crippen LogP contribution in [0.5, 0.6) is 0 Å². The Bertz CT molecular complexity index is 479. The van der Waals surface area contributed by atoms with Crippen LogP contribution < -0.4 is 5.32 Å². The van der Waals surface area contributed by atoms with Gasteiger partial charge in [-0.05, 0) is 31.7 Å². The molecule has 0 unspecified atom stereocenters. The van der Waals surface area contributed by atoms with Crippen LogP contribution in [0.2, 0.25) is 0 Å². The van der Waals surface area contributed by atoms with Gasteiger partial charge in [0, 0.05) is 30.7 Å². The van der Waals surface area contributed by atoms with Crippen molar-refractivity contribution in [3.8, 4) is 0 Å². The number of thioether (sulfide) groups is 1. The zero-order chi connectivity index (χ0) is 15.0. The van der Waals surface area contributed by atoms with E-state index in [4.69, 9.17) is 4.74 Å². The second-order valence-electron chi connectivity index (χ2n) is 3.95. The van der Waals surface area contributed by atoms with Crippen molar-refractivity contribution in [3.05, 3.63) is 33.9 Å². The molecule has 0 aliphatic rings. The summed E-state index contributed by atoms with van der Waals surface area (Å²) in [5, 5.41) is 13.6. The molecule has 0 aliphatic heterocycles. The van der Waals surface area contributed by atoms with Crippen LogP contribution in [0.15, 0.2) is 23.1 Å². The van der Waals surface area contributed by atoms with Crippen molar-refractivity contribution in [2.24, 2.45) is 0 Å². The normalized spacial score (nSPS) is 10.3. The third kappa shape index (κ3) is 4.82. The van der Waals surface area contributed by atoms with E-state index in [1.807, 2.05) is 13.2 Å². The molecule has 7 heteroatoms. The monoisotopic (exact) mass is 298 g/mol. The molecular weight excluding hydrogens is 280 g/mol. The lowest BCUT2D eigenvalue weighted by Gasteiger charge is -2.07. The van der Waals surface area contributed by atoms with Gasteiger partial charge >= 0.3 is 0 Å². The van der Waals surface area contributed by atoms with Crippen molar-refractivity contribution < 1.29 is 14.5 Å². The van der Waals surface area contributed by atoms with Crippen molar-refractivity contribution in [2.75, 3.05) is 26.0 Å². The first-order valence-corrected chi connectivity index (χ1v) is 7.51. The lowest BCUT2D eigenvalue weighted by molar-refractivity contribution is -0.385. The molecule has 110 valence electrons. The molecule has 0 saturated carbocycles. The maximum absolute atomic E-state index is 12.0. The fourth-order valence-corrected chi connectivity index (χ4v) is 2.04. The van der Waals surface area contributed by atoms with Gasteiger partial charge in [0.2, 0.25) is 0 Å². The van der Waals surface area contributed by atoms with Gasteiger partial charge < -0.3 is 10.1 Å². The Morgan fingerprint density at radius 2 is 2.25 bits per heavy atom. The third-order valence-corrected chi connectivity index (χ3v) is 3.33. The number of benzene rings is 1. The van der Waals surface area contributed by atoms with E-state index in [0.717, 1.165) is 4.90 Å². The minimum absolute atomic E-state index is 0.0956. The van der Waals surface area contributed by atoms with Crippen molar-refractivity contribution in [1.82, 2.24) is 5.32 Å². The van der Waals surface area contributed by atoms with Gasteiger partial charge in [-0.2, -0.15) is 0 Å². The zero-order valence-electron chi connectivity index (χ0n) is 11.5. The molecule has 1 amide bonds. The number of carbonyl (C=O) groups is 1. The summed E-state index contributed by atoms with van der Waals surface area (Å²) in [6.45, 7) is 3.52. The van der Waals surface area contributed by atoms with Crippen molar-refractivity contribution >= 4 is 23.4 Å². The molecule has 20 heavy (non-hydrogen) atoms. The number of amides is 1. The third-order valence-electron chi connectivity index (χ3n) is 2.60. The quantitative estimate of drug-likeness (QED) is 0.345. The summed E-state index contributed by atoms with van der Waals surface area (Å²) < 4.78 is 5.16. The van der Waals surface area contributed by atoms with Crippen molar-refractivity contribution in [2.45, 2.75) is 18.2 Å². The second-order valence-corrected chi connectivity index (χ2v) is 4.83. The summed E-state index contributed by atoms with van der Waals surface area (Å²) >= 11 is 1.43. The van der Waals surface area contributed by atoms with Crippen LogP contribution in [0.1, 0.15) is 23.7 Å². The highest BCUT2D eigenvalue weighted by molar-refractivity contribution is 7.98. The van der Waals surface area contributed by atoms with E-state index in [1.165, 1.54) is 17.8 Å². The molecule has 1 aromatic rings. The lowest BCUT2D eigenvalue weighted by Crippen LogP contribution is -2.26. The number of nitrogens with zero attached hydrogens (tertiary/aromatic N) is 1. The number of hydrogen-bond acceptors (Lipinski definition) is 5. The highest BCUT2D eigenvalue weighted by Gasteiger charge is 2.20. The van der Waals surface area contributed by atoms with Crippen LogP contribution in [0.25, 0.3) is 0 Å². The molecule has 6 nitrogen and oxygen atoms in total. The molecule has 0 fully saturated rings. The lowest BCUT2D eigenvalue weighted by atomic mass is 10.1. The number of ether oxygens (including phenoxy) is 1. The summed E-state index contributed by atoms with van der Waals surface area (Å²) in [6, 6.07) is 4.54. The average molecular weight is 298 g/mol. The van der Waals surface area contributed by atoms with Crippen molar-refractivity contribution in [3.63, 3.8) is 0 Å². The van der Waals surface area contributed by atoms with Gasteiger partial charge in [-0.25, -0.2) is 0 Å². The van der Waals surface area contributed by atoms with E-state index < -0.39 is 10.8 Å². The summed E-state index contributed by atoms with van der Waals surface area (Å²) in [6.07, 6.45) is 2.53. The molecule has 0 aliphatic carbocycles. The van der Waals surface area contributed by atoms with E-state index in [2.05, 4.69) is 5.32 Å². The maximum Gasteiger partial charge on any atom is 0.282 e. The first kappa shape index (κ1) is 16.5. The van der Waals surface area contributed by atoms with E-state index in [1.54, 1.807) is 12.1 Å². The van der Waals surface area contributed by atoms with Gasteiger partial charge in [-0.1, -0.05) is 0 Å².